The van der Waals surface area contributed by atoms with Gasteiger partial charge in [-0.25, -0.2) is 9.78 Å². The minimum atomic E-state index is -4.54. The number of nitrogens with one attached hydrogen (secondary N) is 1. The molecule has 0 saturated heterocycles. The number of carbonyl (C=O) groups excluding carboxylic acids is 1. The fourth-order valence-corrected chi connectivity index (χ4v) is 2.80. The third-order valence-corrected chi connectivity index (χ3v) is 4.06. The second-order valence-electron chi connectivity index (χ2n) is 6.15. The van der Waals surface area contributed by atoms with Crippen molar-refractivity contribution < 1.29 is 18.0 Å². The number of halogens is 3. The number of alkyl halides is 3. The number of fused-ring (bicyclic) bond motifs is 2. The fraction of sp³-hybridized carbons (Fsp3) is 0.400. The van der Waals surface area contributed by atoms with Crippen molar-refractivity contribution in [2.45, 2.75) is 25.7 Å². The molecule has 3 N–H and O–H groups in total. The first-order valence-electron chi connectivity index (χ1n) is 7.72. The summed E-state index contributed by atoms with van der Waals surface area (Å²) in [6, 6.07) is 2.90. The SMILES string of the molecule is CN(C)C(=O)CCn1c(N)nc2cc3[nH]c(=O)n(CC(F)(F)F)c3cc21. The molecule has 2 aromatic heterocycles. The highest BCUT2D eigenvalue weighted by atomic mass is 19.4. The van der Waals surface area contributed by atoms with Crippen LogP contribution in [0.25, 0.3) is 22.1 Å². The number of aromatic amines is 1. The summed E-state index contributed by atoms with van der Waals surface area (Å²) < 4.78 is 40.4. The van der Waals surface area contributed by atoms with Crippen LogP contribution in [0.2, 0.25) is 0 Å². The zero-order valence-electron chi connectivity index (χ0n) is 14.1. The number of hydrogen-bond acceptors (Lipinski definition) is 4. The number of nitrogens with two attached hydrogens (primary N) is 1. The number of aryl methyl sites for hydroxylation is 1. The zero-order chi connectivity index (χ0) is 19.2. The molecular weight excluding hydrogens is 353 g/mol. The van der Waals surface area contributed by atoms with E-state index < -0.39 is 18.4 Å². The Labute approximate surface area is 145 Å². The van der Waals surface area contributed by atoms with E-state index in [0.29, 0.717) is 15.6 Å². The predicted molar refractivity (Wildman–Crippen MR) is 89.6 cm³/mol. The molecule has 0 spiro atoms. The summed E-state index contributed by atoms with van der Waals surface area (Å²) in [6.07, 6.45) is -4.38. The highest BCUT2D eigenvalue weighted by molar-refractivity contribution is 5.93. The number of H-pyrrole nitrogens is 1. The Morgan fingerprint density at radius 3 is 2.58 bits per heavy atom. The first-order valence-corrected chi connectivity index (χ1v) is 7.72. The fourth-order valence-electron chi connectivity index (χ4n) is 2.80. The number of benzene rings is 1. The second-order valence-corrected chi connectivity index (χ2v) is 6.15. The van der Waals surface area contributed by atoms with Crippen molar-refractivity contribution in [3.63, 3.8) is 0 Å². The van der Waals surface area contributed by atoms with Gasteiger partial charge in [0.25, 0.3) is 0 Å². The Morgan fingerprint density at radius 2 is 1.96 bits per heavy atom. The molecule has 3 rings (SSSR count). The lowest BCUT2D eigenvalue weighted by Crippen LogP contribution is -2.26. The van der Waals surface area contributed by atoms with Gasteiger partial charge in [-0.15, -0.1) is 0 Å². The molecule has 2 heterocycles. The maximum absolute atomic E-state index is 12.8. The van der Waals surface area contributed by atoms with Crippen molar-refractivity contribution in [1.82, 2.24) is 24.0 Å². The van der Waals surface area contributed by atoms with Crippen molar-refractivity contribution in [1.29, 1.82) is 0 Å². The summed E-state index contributed by atoms with van der Waals surface area (Å²) in [6.45, 7) is -1.18. The second kappa shape index (κ2) is 6.07. The Bertz CT molecular complexity index is 1040. The Kier molecular flexibility index (Phi) is 4.17. The van der Waals surface area contributed by atoms with Crippen LogP contribution < -0.4 is 11.4 Å². The van der Waals surface area contributed by atoms with Gasteiger partial charge in [-0.1, -0.05) is 0 Å². The van der Waals surface area contributed by atoms with Gasteiger partial charge in [-0.2, -0.15) is 13.2 Å². The molecule has 0 saturated carbocycles. The number of aromatic nitrogens is 4. The van der Waals surface area contributed by atoms with Crippen molar-refractivity contribution >= 4 is 33.9 Å². The number of hydrogen-bond donors (Lipinski definition) is 2. The molecule has 0 bridgehead atoms. The van der Waals surface area contributed by atoms with Gasteiger partial charge in [0.15, 0.2) is 0 Å². The van der Waals surface area contributed by atoms with E-state index in [1.807, 2.05) is 0 Å². The van der Waals surface area contributed by atoms with E-state index in [1.54, 1.807) is 18.7 Å². The third kappa shape index (κ3) is 3.24. The number of imidazole rings is 2. The Hall–Kier alpha value is -2.98. The van der Waals surface area contributed by atoms with Crippen molar-refractivity contribution in [2.75, 3.05) is 19.8 Å². The van der Waals surface area contributed by atoms with Gasteiger partial charge in [-0.3, -0.25) is 9.36 Å². The molecule has 0 fully saturated rings. The smallest absolute Gasteiger partial charge is 0.369 e. The van der Waals surface area contributed by atoms with E-state index in [1.165, 1.54) is 17.0 Å². The molecule has 140 valence electrons. The highest BCUT2D eigenvalue weighted by Crippen LogP contribution is 2.25. The summed E-state index contributed by atoms with van der Waals surface area (Å²) in [5.41, 5.74) is 6.24. The molecule has 11 heteroatoms. The first-order chi connectivity index (χ1) is 12.1. The van der Waals surface area contributed by atoms with Gasteiger partial charge >= 0.3 is 11.9 Å². The summed E-state index contributed by atoms with van der Waals surface area (Å²) >= 11 is 0. The van der Waals surface area contributed by atoms with Gasteiger partial charge in [0.05, 0.1) is 22.1 Å². The number of amides is 1. The van der Waals surface area contributed by atoms with E-state index >= 15 is 0 Å². The minimum absolute atomic E-state index is 0.0971. The average Bonchev–Trinajstić information content (AvgIpc) is 2.97. The van der Waals surface area contributed by atoms with E-state index in [0.717, 1.165) is 0 Å². The number of nitrogens with zero attached hydrogens (tertiary/aromatic N) is 4. The summed E-state index contributed by atoms with van der Waals surface area (Å²) in [5, 5.41) is 0. The molecule has 0 radical (unpaired) electrons. The lowest BCUT2D eigenvalue weighted by atomic mass is 10.2. The Balaban J connectivity index is 2.10. The van der Waals surface area contributed by atoms with Crippen LogP contribution in [0.3, 0.4) is 0 Å². The van der Waals surface area contributed by atoms with Gasteiger partial charge in [-0.05, 0) is 12.1 Å². The number of rotatable bonds is 4. The molecule has 3 aromatic rings. The summed E-state index contributed by atoms with van der Waals surface area (Å²) in [7, 11) is 3.24. The van der Waals surface area contributed by atoms with Gasteiger partial charge in [0, 0.05) is 27.1 Å². The summed E-state index contributed by atoms with van der Waals surface area (Å²) in [4.78, 5) is 31.6. The molecular formula is C15H17F3N6O2. The van der Waals surface area contributed by atoms with Crippen molar-refractivity contribution in [2.24, 2.45) is 0 Å². The molecule has 0 aliphatic carbocycles. The van der Waals surface area contributed by atoms with Gasteiger partial charge < -0.3 is 20.2 Å². The van der Waals surface area contributed by atoms with Crippen LogP contribution in [0, 0.1) is 0 Å². The molecule has 0 unspecified atom stereocenters. The van der Waals surface area contributed by atoms with Crippen molar-refractivity contribution in [3.05, 3.63) is 22.6 Å². The molecule has 0 aliphatic heterocycles. The topological polar surface area (TPSA) is 102 Å². The van der Waals surface area contributed by atoms with Crippen LogP contribution in [0.15, 0.2) is 16.9 Å². The average molecular weight is 370 g/mol. The molecule has 1 amide bonds. The van der Waals surface area contributed by atoms with E-state index in [9.17, 15) is 22.8 Å². The first kappa shape index (κ1) is 17.8. The zero-order valence-corrected chi connectivity index (χ0v) is 14.1. The van der Waals surface area contributed by atoms with Crippen LogP contribution in [0.4, 0.5) is 19.1 Å². The highest BCUT2D eigenvalue weighted by Gasteiger charge is 2.30. The maximum atomic E-state index is 12.8. The van der Waals surface area contributed by atoms with Gasteiger partial charge in [0.2, 0.25) is 11.9 Å². The van der Waals surface area contributed by atoms with Crippen LogP contribution in [0.1, 0.15) is 6.42 Å². The molecule has 1 aromatic carbocycles. The monoisotopic (exact) mass is 370 g/mol. The number of carbonyl (C=O) groups is 1. The Morgan fingerprint density at radius 1 is 1.27 bits per heavy atom. The minimum Gasteiger partial charge on any atom is -0.369 e. The molecule has 0 atom stereocenters. The van der Waals surface area contributed by atoms with Crippen LogP contribution >= 0.6 is 0 Å². The van der Waals surface area contributed by atoms with Gasteiger partial charge in [0.1, 0.15) is 6.54 Å². The van der Waals surface area contributed by atoms with Crippen LogP contribution in [0.5, 0.6) is 0 Å². The van der Waals surface area contributed by atoms with E-state index in [-0.39, 0.29) is 35.9 Å². The number of nitrogen functional groups attached to an aromatic ring is 1. The van der Waals surface area contributed by atoms with E-state index in [4.69, 9.17) is 5.73 Å². The van der Waals surface area contributed by atoms with E-state index in [2.05, 4.69) is 9.97 Å². The number of anilines is 1. The van der Waals surface area contributed by atoms with Crippen LogP contribution in [-0.2, 0) is 17.9 Å². The third-order valence-electron chi connectivity index (χ3n) is 4.06. The predicted octanol–water partition coefficient (Wildman–Crippen LogP) is 1.30. The normalized spacial score (nSPS) is 12.2. The molecule has 8 nitrogen and oxygen atoms in total. The molecule has 0 aliphatic rings. The standard InChI is InChI=1S/C15H17F3N6O2/c1-22(2)12(25)3-4-23-10-6-11-9(5-8(10)20-13(23)19)21-14(26)24(11)7-15(16,17)18/h5-6H,3-4,7H2,1-2H3,(H2,19,20)(H,21,26). The molecule has 26 heavy (non-hydrogen) atoms. The van der Waals surface area contributed by atoms with Crippen molar-refractivity contribution in [3.8, 4) is 0 Å². The largest absolute Gasteiger partial charge is 0.406 e. The summed E-state index contributed by atoms with van der Waals surface area (Å²) in [5.74, 6) is 0.0203. The lowest BCUT2D eigenvalue weighted by molar-refractivity contribution is -0.140. The maximum Gasteiger partial charge on any atom is 0.406 e. The van der Waals surface area contributed by atoms with Crippen LogP contribution in [-0.4, -0.2) is 50.2 Å². The quantitative estimate of drug-likeness (QED) is 0.723. The lowest BCUT2D eigenvalue weighted by Gasteiger charge is -2.11.